The second kappa shape index (κ2) is 10.4. The minimum Gasteiger partial charge on any atom is -0.310 e. The molecule has 5 rings (SSSR count). The second-order valence-corrected chi connectivity index (χ2v) is 10.2. The molecule has 0 saturated carbocycles. The molecule has 35 heavy (non-hydrogen) atoms. The first-order chi connectivity index (χ1) is 17.0. The molecule has 1 aromatic carbocycles. The molecular weight excluding hydrogens is 438 g/mol. The normalized spacial score (nSPS) is 20.4. The molecule has 1 atom stereocenters. The predicted octanol–water partition coefficient (Wildman–Crippen LogP) is 3.20. The molecule has 0 radical (unpaired) electrons. The van der Waals surface area contributed by atoms with Crippen molar-refractivity contribution >= 4 is 22.5 Å². The Kier molecular flexibility index (Phi) is 7.13. The Morgan fingerprint density at radius 1 is 1.03 bits per heavy atom. The number of piperazine rings is 1. The molecule has 8 nitrogen and oxygen atoms in total. The number of anilines is 1. The van der Waals surface area contributed by atoms with Crippen molar-refractivity contribution in [3.05, 3.63) is 42.4 Å². The second-order valence-electron chi connectivity index (χ2n) is 10.2. The number of likely N-dealkylation sites (N-methyl/N-ethyl adjacent to an activating group) is 1. The van der Waals surface area contributed by atoms with Crippen molar-refractivity contribution < 1.29 is 4.79 Å². The maximum Gasteiger partial charge on any atom is 0.239 e. The topological polar surface area (TPSA) is 69.5 Å². The summed E-state index contributed by atoms with van der Waals surface area (Å²) >= 11 is 0. The minimum atomic E-state index is -0.0134. The van der Waals surface area contributed by atoms with Crippen LogP contribution in [0.5, 0.6) is 0 Å². The van der Waals surface area contributed by atoms with Gasteiger partial charge in [0.05, 0.1) is 18.4 Å². The van der Waals surface area contributed by atoms with Gasteiger partial charge in [-0.1, -0.05) is 18.6 Å². The Morgan fingerprint density at radius 3 is 2.66 bits per heavy atom. The number of hydrogen-bond donors (Lipinski definition) is 1. The maximum absolute atomic E-state index is 12.7. The number of carbonyl (C=O) groups excluding carboxylic acids is 1. The number of nitrogens with zero attached hydrogens (tertiary/aromatic N) is 6. The van der Waals surface area contributed by atoms with Gasteiger partial charge in [-0.2, -0.15) is 5.10 Å². The molecule has 8 heteroatoms. The molecule has 2 aliphatic heterocycles. The Hall–Kier alpha value is -2.81. The molecule has 3 aromatic rings. The molecule has 186 valence electrons. The van der Waals surface area contributed by atoms with Gasteiger partial charge < -0.3 is 10.2 Å². The summed E-state index contributed by atoms with van der Waals surface area (Å²) in [6.45, 7) is 8.69. The highest BCUT2D eigenvalue weighted by Crippen LogP contribution is 2.29. The van der Waals surface area contributed by atoms with Crippen molar-refractivity contribution in [3.8, 4) is 11.1 Å². The van der Waals surface area contributed by atoms with Gasteiger partial charge in [0, 0.05) is 56.4 Å². The molecule has 2 fully saturated rings. The van der Waals surface area contributed by atoms with Crippen molar-refractivity contribution in [1.29, 1.82) is 0 Å². The van der Waals surface area contributed by atoms with E-state index in [0.29, 0.717) is 18.4 Å². The third kappa shape index (κ3) is 5.55. The van der Waals surface area contributed by atoms with Crippen LogP contribution in [0, 0.1) is 0 Å². The summed E-state index contributed by atoms with van der Waals surface area (Å²) in [4.78, 5) is 24.3. The SMILES string of the molecule is C[C@H]1CN(C)CCN1CC(=O)Nc1cc2cc(-c3cnn(C)c3CN3CCCCC3)ccc2cn1. The first-order valence-electron chi connectivity index (χ1n) is 12.8. The van der Waals surface area contributed by atoms with E-state index >= 15 is 0 Å². The number of benzene rings is 1. The van der Waals surface area contributed by atoms with Gasteiger partial charge in [0.25, 0.3) is 0 Å². The monoisotopic (exact) mass is 475 g/mol. The highest BCUT2D eigenvalue weighted by atomic mass is 16.2. The van der Waals surface area contributed by atoms with Crippen LogP contribution in [0.1, 0.15) is 31.9 Å². The van der Waals surface area contributed by atoms with Crippen LogP contribution in [0.25, 0.3) is 21.9 Å². The molecule has 4 heterocycles. The van der Waals surface area contributed by atoms with Crippen LogP contribution in [-0.4, -0.2) is 87.7 Å². The number of hydrogen-bond acceptors (Lipinski definition) is 6. The third-order valence-corrected chi connectivity index (χ3v) is 7.50. The first kappa shape index (κ1) is 23.9. The Morgan fingerprint density at radius 2 is 1.86 bits per heavy atom. The van der Waals surface area contributed by atoms with Crippen LogP contribution in [0.15, 0.2) is 36.7 Å². The van der Waals surface area contributed by atoms with Crippen LogP contribution < -0.4 is 5.32 Å². The largest absolute Gasteiger partial charge is 0.310 e. The van der Waals surface area contributed by atoms with Crippen molar-refractivity contribution in [2.45, 2.75) is 38.8 Å². The predicted molar refractivity (Wildman–Crippen MR) is 140 cm³/mol. The lowest BCUT2D eigenvalue weighted by Gasteiger charge is -2.37. The van der Waals surface area contributed by atoms with Crippen LogP contribution in [-0.2, 0) is 18.4 Å². The molecule has 1 amide bonds. The smallest absolute Gasteiger partial charge is 0.239 e. The zero-order valence-corrected chi connectivity index (χ0v) is 21.2. The van der Waals surface area contributed by atoms with Gasteiger partial charge in [-0.25, -0.2) is 4.98 Å². The Bertz CT molecular complexity index is 1180. The van der Waals surface area contributed by atoms with Crippen molar-refractivity contribution in [2.24, 2.45) is 7.05 Å². The minimum absolute atomic E-state index is 0.0134. The van der Waals surface area contributed by atoms with Crippen LogP contribution in [0.4, 0.5) is 5.82 Å². The highest BCUT2D eigenvalue weighted by Gasteiger charge is 2.23. The van der Waals surface area contributed by atoms with Gasteiger partial charge in [-0.3, -0.25) is 19.3 Å². The molecule has 1 N–H and O–H groups in total. The highest BCUT2D eigenvalue weighted by molar-refractivity contribution is 5.95. The van der Waals surface area contributed by atoms with E-state index in [2.05, 4.69) is 62.3 Å². The number of aryl methyl sites for hydroxylation is 1. The van der Waals surface area contributed by atoms with Gasteiger partial charge in [-0.15, -0.1) is 0 Å². The van der Waals surface area contributed by atoms with E-state index in [1.807, 2.05) is 30.2 Å². The van der Waals surface area contributed by atoms with E-state index < -0.39 is 0 Å². The summed E-state index contributed by atoms with van der Waals surface area (Å²) in [5, 5.41) is 9.71. The summed E-state index contributed by atoms with van der Waals surface area (Å²) in [5.74, 6) is 0.585. The number of nitrogens with one attached hydrogen (secondary N) is 1. The van der Waals surface area contributed by atoms with Crippen molar-refractivity contribution in [1.82, 2.24) is 29.5 Å². The Labute approximate surface area is 207 Å². The van der Waals surface area contributed by atoms with E-state index in [9.17, 15) is 4.79 Å². The van der Waals surface area contributed by atoms with E-state index in [1.165, 1.54) is 30.5 Å². The number of aromatic nitrogens is 3. The molecule has 2 saturated heterocycles. The molecular formula is C27H37N7O. The summed E-state index contributed by atoms with van der Waals surface area (Å²) in [6, 6.07) is 8.78. The van der Waals surface area contributed by atoms with Crippen LogP contribution >= 0.6 is 0 Å². The fourth-order valence-electron chi connectivity index (χ4n) is 5.38. The summed E-state index contributed by atoms with van der Waals surface area (Å²) in [6.07, 6.45) is 7.70. The first-order valence-corrected chi connectivity index (χ1v) is 12.8. The fourth-order valence-corrected chi connectivity index (χ4v) is 5.38. The molecule has 0 spiro atoms. The lowest BCUT2D eigenvalue weighted by atomic mass is 10.0. The van der Waals surface area contributed by atoms with Crippen molar-refractivity contribution in [2.75, 3.05) is 51.6 Å². The average Bonchev–Trinajstić information content (AvgIpc) is 3.21. The number of fused-ring (bicyclic) bond motifs is 1. The van der Waals surface area contributed by atoms with Crippen molar-refractivity contribution in [3.63, 3.8) is 0 Å². The molecule has 0 aliphatic carbocycles. The zero-order chi connectivity index (χ0) is 24.4. The van der Waals surface area contributed by atoms with Gasteiger partial charge >= 0.3 is 0 Å². The third-order valence-electron chi connectivity index (χ3n) is 7.50. The number of piperidine rings is 1. The van der Waals surface area contributed by atoms with Crippen LogP contribution in [0.2, 0.25) is 0 Å². The van der Waals surface area contributed by atoms with Gasteiger partial charge in [0.2, 0.25) is 5.91 Å². The van der Waals surface area contributed by atoms with E-state index in [-0.39, 0.29) is 5.91 Å². The molecule has 0 unspecified atom stereocenters. The molecule has 2 aromatic heterocycles. The van der Waals surface area contributed by atoms with E-state index in [0.717, 1.165) is 55.6 Å². The number of likely N-dealkylation sites (tertiary alicyclic amines) is 1. The number of rotatable bonds is 6. The maximum atomic E-state index is 12.7. The summed E-state index contributed by atoms with van der Waals surface area (Å²) < 4.78 is 2.01. The van der Waals surface area contributed by atoms with Gasteiger partial charge in [-0.05, 0) is 63.0 Å². The number of carbonyl (C=O) groups is 1. The zero-order valence-electron chi connectivity index (χ0n) is 21.2. The van der Waals surface area contributed by atoms with Gasteiger partial charge in [0.15, 0.2) is 0 Å². The fraction of sp³-hybridized carbons (Fsp3) is 0.519. The lowest BCUT2D eigenvalue weighted by molar-refractivity contribution is -0.118. The van der Waals surface area contributed by atoms with Crippen LogP contribution in [0.3, 0.4) is 0 Å². The number of amides is 1. The van der Waals surface area contributed by atoms with Gasteiger partial charge in [0.1, 0.15) is 5.82 Å². The molecule has 2 aliphatic rings. The number of pyridine rings is 1. The standard InChI is InChI=1S/C27H37N7O/c1-20-17-31(2)11-12-34(20)19-27(35)30-26-14-23-13-21(7-8-22(23)15-28-26)24-16-29-32(3)25(24)18-33-9-5-4-6-10-33/h7-8,13-16,20H,4-6,9-12,17-19H2,1-3H3,(H,28,30,35)/t20-/m0/s1. The average molecular weight is 476 g/mol. The summed E-state index contributed by atoms with van der Waals surface area (Å²) in [5.41, 5.74) is 3.56. The quantitative estimate of drug-likeness (QED) is 0.591. The molecule has 0 bridgehead atoms. The van der Waals surface area contributed by atoms with E-state index in [4.69, 9.17) is 0 Å². The Balaban J connectivity index is 1.32. The summed E-state index contributed by atoms with van der Waals surface area (Å²) in [7, 11) is 4.16. The lowest BCUT2D eigenvalue weighted by Crippen LogP contribution is -2.52. The van der Waals surface area contributed by atoms with E-state index in [1.54, 1.807) is 0 Å².